The number of pyridine rings is 1. The van der Waals surface area contributed by atoms with Crippen LogP contribution in [0.5, 0.6) is 0 Å². The van der Waals surface area contributed by atoms with Crippen molar-refractivity contribution < 1.29 is 9.90 Å². The fourth-order valence-electron chi connectivity index (χ4n) is 2.53. The Hall–Kier alpha value is -1.58. The molecular formula is C13H18N2O2. The molecule has 1 aliphatic rings. The second-order valence-electron chi connectivity index (χ2n) is 4.96. The van der Waals surface area contributed by atoms with Gasteiger partial charge in [0.2, 0.25) is 0 Å². The molecular weight excluding hydrogens is 216 g/mol. The Balaban J connectivity index is 2.17. The van der Waals surface area contributed by atoms with Crippen molar-refractivity contribution in [3.63, 3.8) is 0 Å². The summed E-state index contributed by atoms with van der Waals surface area (Å²) < 4.78 is 0. The Morgan fingerprint density at radius 2 is 2.06 bits per heavy atom. The molecule has 1 aromatic heterocycles. The third-order valence-electron chi connectivity index (χ3n) is 3.57. The van der Waals surface area contributed by atoms with Gasteiger partial charge in [-0.2, -0.15) is 0 Å². The molecule has 2 heterocycles. The molecule has 1 aliphatic heterocycles. The number of hydrogen-bond acceptors (Lipinski definition) is 3. The van der Waals surface area contributed by atoms with Crippen LogP contribution in [0.3, 0.4) is 0 Å². The van der Waals surface area contributed by atoms with Gasteiger partial charge in [-0.25, -0.2) is 0 Å². The first-order valence-electron chi connectivity index (χ1n) is 5.97. The van der Waals surface area contributed by atoms with E-state index < -0.39 is 5.97 Å². The highest BCUT2D eigenvalue weighted by Crippen LogP contribution is 2.32. The number of aliphatic carboxylic acids is 1. The van der Waals surface area contributed by atoms with Crippen molar-refractivity contribution in [1.29, 1.82) is 0 Å². The molecule has 1 saturated heterocycles. The van der Waals surface area contributed by atoms with E-state index in [1.54, 1.807) is 12.4 Å². The van der Waals surface area contributed by atoms with Crippen LogP contribution in [-0.2, 0) is 4.79 Å². The highest BCUT2D eigenvalue weighted by atomic mass is 16.4. The molecule has 0 radical (unpaired) electrons. The lowest BCUT2D eigenvalue weighted by Crippen LogP contribution is -2.25. The summed E-state index contributed by atoms with van der Waals surface area (Å²) in [7, 11) is 0. The first kappa shape index (κ1) is 11.9. The molecule has 0 bridgehead atoms. The monoisotopic (exact) mass is 234 g/mol. The van der Waals surface area contributed by atoms with Gasteiger partial charge in [0.1, 0.15) is 0 Å². The summed E-state index contributed by atoms with van der Waals surface area (Å²) in [4.78, 5) is 17.4. The molecule has 92 valence electrons. The van der Waals surface area contributed by atoms with Crippen LogP contribution in [0.2, 0.25) is 0 Å². The first-order valence-corrected chi connectivity index (χ1v) is 5.97. The summed E-state index contributed by atoms with van der Waals surface area (Å²) in [6, 6.07) is 3.86. The average Bonchev–Trinajstić information content (AvgIpc) is 2.75. The topological polar surface area (TPSA) is 53.4 Å². The van der Waals surface area contributed by atoms with Gasteiger partial charge in [-0.05, 0) is 24.0 Å². The number of hydrogen-bond donors (Lipinski definition) is 1. The van der Waals surface area contributed by atoms with Crippen LogP contribution in [0.25, 0.3) is 0 Å². The Kier molecular flexibility index (Phi) is 3.31. The average molecular weight is 234 g/mol. The van der Waals surface area contributed by atoms with Crippen LogP contribution in [0, 0.1) is 17.8 Å². The fourth-order valence-corrected chi connectivity index (χ4v) is 2.53. The van der Waals surface area contributed by atoms with Crippen molar-refractivity contribution in [2.45, 2.75) is 13.8 Å². The van der Waals surface area contributed by atoms with Gasteiger partial charge in [-0.1, -0.05) is 13.8 Å². The van der Waals surface area contributed by atoms with Crippen LogP contribution in [0.1, 0.15) is 13.8 Å². The summed E-state index contributed by atoms with van der Waals surface area (Å²) in [6.07, 6.45) is 3.49. The fraction of sp³-hybridized carbons (Fsp3) is 0.538. The minimum atomic E-state index is -0.680. The Morgan fingerprint density at radius 3 is 2.53 bits per heavy atom. The molecule has 1 fully saturated rings. The number of nitrogens with zero attached hydrogens (tertiary/aromatic N) is 2. The molecule has 2 atom stereocenters. The van der Waals surface area contributed by atoms with Crippen molar-refractivity contribution >= 4 is 11.7 Å². The zero-order chi connectivity index (χ0) is 12.4. The van der Waals surface area contributed by atoms with E-state index in [4.69, 9.17) is 0 Å². The second kappa shape index (κ2) is 4.73. The van der Waals surface area contributed by atoms with E-state index >= 15 is 0 Å². The number of carbonyl (C=O) groups is 1. The summed E-state index contributed by atoms with van der Waals surface area (Å²) in [5, 5.41) is 9.26. The number of carboxylic acid groups (broad SMARTS) is 1. The lowest BCUT2D eigenvalue weighted by Gasteiger charge is -2.19. The molecule has 2 rings (SSSR count). The van der Waals surface area contributed by atoms with Crippen LogP contribution in [0.4, 0.5) is 5.69 Å². The van der Waals surface area contributed by atoms with E-state index in [1.807, 2.05) is 12.1 Å². The maximum absolute atomic E-state index is 11.3. The first-order chi connectivity index (χ1) is 8.09. The summed E-state index contributed by atoms with van der Waals surface area (Å²) in [5.41, 5.74) is 1.06. The molecule has 0 amide bonds. The van der Waals surface area contributed by atoms with Gasteiger partial charge in [0.05, 0.1) is 5.92 Å². The van der Waals surface area contributed by atoms with Crippen molar-refractivity contribution in [2.75, 3.05) is 18.0 Å². The minimum absolute atomic E-state index is 0.223. The summed E-state index contributed by atoms with van der Waals surface area (Å²) in [6.45, 7) is 5.61. The lowest BCUT2D eigenvalue weighted by atomic mass is 9.86. The number of anilines is 1. The van der Waals surface area contributed by atoms with Gasteiger partial charge in [0.25, 0.3) is 0 Å². The van der Waals surface area contributed by atoms with E-state index in [1.165, 1.54) is 0 Å². The van der Waals surface area contributed by atoms with Crippen LogP contribution >= 0.6 is 0 Å². The predicted molar refractivity (Wildman–Crippen MR) is 65.9 cm³/mol. The van der Waals surface area contributed by atoms with Crippen molar-refractivity contribution in [2.24, 2.45) is 17.8 Å². The summed E-state index contributed by atoms with van der Waals surface area (Å²) >= 11 is 0. The third kappa shape index (κ3) is 2.40. The highest BCUT2D eigenvalue weighted by molar-refractivity contribution is 5.72. The zero-order valence-corrected chi connectivity index (χ0v) is 10.2. The van der Waals surface area contributed by atoms with Gasteiger partial charge >= 0.3 is 5.97 Å². The van der Waals surface area contributed by atoms with E-state index in [-0.39, 0.29) is 11.8 Å². The molecule has 4 nitrogen and oxygen atoms in total. The normalized spacial score (nSPS) is 24.3. The van der Waals surface area contributed by atoms with Gasteiger partial charge in [-0.15, -0.1) is 0 Å². The molecule has 0 spiro atoms. The lowest BCUT2D eigenvalue weighted by molar-refractivity contribution is -0.142. The standard InChI is InChI=1S/C13H18N2O2/c1-9(2)11-7-15(8-12(11)13(16)17)10-3-5-14-6-4-10/h3-6,9,11-12H,7-8H2,1-2H3,(H,16,17)/t11-,12+/m0/s1. The van der Waals surface area contributed by atoms with E-state index in [9.17, 15) is 9.90 Å². The van der Waals surface area contributed by atoms with Gasteiger partial charge in [0, 0.05) is 31.2 Å². The van der Waals surface area contributed by atoms with E-state index in [2.05, 4.69) is 23.7 Å². The van der Waals surface area contributed by atoms with Gasteiger partial charge in [0.15, 0.2) is 0 Å². The Morgan fingerprint density at radius 1 is 1.41 bits per heavy atom. The zero-order valence-electron chi connectivity index (χ0n) is 10.2. The molecule has 4 heteroatoms. The summed E-state index contributed by atoms with van der Waals surface area (Å²) in [5.74, 6) is -0.327. The van der Waals surface area contributed by atoms with E-state index in [0.717, 1.165) is 12.2 Å². The molecule has 0 saturated carbocycles. The number of rotatable bonds is 3. The molecule has 1 aromatic rings. The number of aromatic nitrogens is 1. The maximum atomic E-state index is 11.3. The van der Waals surface area contributed by atoms with E-state index in [0.29, 0.717) is 12.5 Å². The van der Waals surface area contributed by atoms with Crippen molar-refractivity contribution in [3.8, 4) is 0 Å². The third-order valence-corrected chi connectivity index (χ3v) is 3.57. The molecule has 0 aliphatic carbocycles. The quantitative estimate of drug-likeness (QED) is 0.867. The Bertz CT molecular complexity index is 392. The van der Waals surface area contributed by atoms with Crippen LogP contribution in [0.15, 0.2) is 24.5 Å². The predicted octanol–water partition coefficient (Wildman–Crippen LogP) is 1.87. The largest absolute Gasteiger partial charge is 0.481 e. The smallest absolute Gasteiger partial charge is 0.308 e. The van der Waals surface area contributed by atoms with Crippen molar-refractivity contribution in [3.05, 3.63) is 24.5 Å². The minimum Gasteiger partial charge on any atom is -0.481 e. The van der Waals surface area contributed by atoms with Crippen LogP contribution in [-0.4, -0.2) is 29.1 Å². The van der Waals surface area contributed by atoms with Crippen LogP contribution < -0.4 is 4.90 Å². The molecule has 1 N–H and O–H groups in total. The van der Waals surface area contributed by atoms with Gasteiger partial charge < -0.3 is 10.0 Å². The molecule has 0 aromatic carbocycles. The SMILES string of the molecule is CC(C)[C@@H]1CN(c2ccncc2)C[C@H]1C(=O)O. The Labute approximate surface area is 101 Å². The maximum Gasteiger partial charge on any atom is 0.308 e. The molecule has 17 heavy (non-hydrogen) atoms. The van der Waals surface area contributed by atoms with Crippen molar-refractivity contribution in [1.82, 2.24) is 4.98 Å². The van der Waals surface area contributed by atoms with Gasteiger partial charge in [-0.3, -0.25) is 9.78 Å². The highest BCUT2D eigenvalue weighted by Gasteiger charge is 2.39. The second-order valence-corrected chi connectivity index (χ2v) is 4.96. The molecule has 0 unspecified atom stereocenters. The number of carboxylic acids is 1.